The first-order valence-electron chi connectivity index (χ1n) is 5.07. The molecule has 1 unspecified atom stereocenters. The van der Waals surface area contributed by atoms with Gasteiger partial charge in [-0.15, -0.1) is 0 Å². The Balaban J connectivity index is 2.08. The van der Waals surface area contributed by atoms with Crippen LogP contribution in [0.15, 0.2) is 58.4 Å². The number of benzene rings is 1. The Morgan fingerprint density at radius 3 is 2.67 bits per heavy atom. The van der Waals surface area contributed by atoms with E-state index in [4.69, 9.17) is 0 Å². The van der Waals surface area contributed by atoms with Gasteiger partial charge in [0.15, 0.2) is 0 Å². The molecule has 0 amide bonds. The van der Waals surface area contributed by atoms with Crippen molar-refractivity contribution in [3.63, 3.8) is 0 Å². The van der Waals surface area contributed by atoms with Crippen LogP contribution in [-0.4, -0.2) is 11.2 Å². The molecular weight excluding hydrogens is 204 g/mol. The average molecular weight is 218 g/mol. The predicted octanol–water partition coefficient (Wildman–Crippen LogP) is 3.23. The summed E-state index contributed by atoms with van der Waals surface area (Å²) in [5, 5.41) is 9.60. The zero-order valence-electron chi connectivity index (χ0n) is 8.63. The molecule has 2 atom stereocenters. The van der Waals surface area contributed by atoms with Crippen LogP contribution in [0.2, 0.25) is 0 Å². The monoisotopic (exact) mass is 218 g/mol. The fraction of sp³-hybridized carbons (Fsp3) is 0.231. The Morgan fingerprint density at radius 2 is 2.00 bits per heavy atom. The van der Waals surface area contributed by atoms with Crippen molar-refractivity contribution >= 4 is 11.8 Å². The summed E-state index contributed by atoms with van der Waals surface area (Å²) in [6, 6.07) is 10.2. The molecule has 2 rings (SSSR count). The molecule has 2 heteroatoms. The number of aliphatic hydroxyl groups is 1. The minimum atomic E-state index is -0.314. The Kier molecular flexibility index (Phi) is 3.29. The van der Waals surface area contributed by atoms with E-state index in [1.807, 2.05) is 31.2 Å². The van der Waals surface area contributed by atoms with Crippen LogP contribution in [-0.2, 0) is 0 Å². The van der Waals surface area contributed by atoms with Crippen LogP contribution in [0, 0.1) is 5.92 Å². The first kappa shape index (κ1) is 10.5. The van der Waals surface area contributed by atoms with E-state index in [9.17, 15) is 5.11 Å². The molecule has 1 aromatic rings. The van der Waals surface area contributed by atoms with Crippen molar-refractivity contribution in [2.24, 2.45) is 5.92 Å². The van der Waals surface area contributed by atoms with Crippen molar-refractivity contribution in [1.82, 2.24) is 0 Å². The number of rotatable bonds is 3. The molecule has 1 aromatic carbocycles. The smallest absolute Gasteiger partial charge is 0.0620 e. The Labute approximate surface area is 94.5 Å². The van der Waals surface area contributed by atoms with Crippen molar-refractivity contribution in [2.45, 2.75) is 17.9 Å². The van der Waals surface area contributed by atoms with Gasteiger partial charge in [0.1, 0.15) is 0 Å². The highest BCUT2D eigenvalue weighted by Crippen LogP contribution is 2.36. The summed E-state index contributed by atoms with van der Waals surface area (Å²) < 4.78 is 0. The van der Waals surface area contributed by atoms with Crippen molar-refractivity contribution in [3.8, 4) is 0 Å². The third-order valence-electron chi connectivity index (χ3n) is 2.41. The number of allylic oxidation sites excluding steroid dienone is 2. The molecule has 0 spiro atoms. The van der Waals surface area contributed by atoms with Gasteiger partial charge in [0.05, 0.1) is 6.10 Å². The molecule has 0 aliphatic heterocycles. The molecule has 1 nitrogen and oxygen atoms in total. The lowest BCUT2D eigenvalue weighted by Crippen LogP contribution is -2.13. The lowest BCUT2D eigenvalue weighted by atomic mass is 10.1. The second kappa shape index (κ2) is 4.69. The molecule has 15 heavy (non-hydrogen) atoms. The highest BCUT2D eigenvalue weighted by molar-refractivity contribution is 8.03. The molecule has 0 aromatic heterocycles. The molecule has 1 aliphatic carbocycles. The molecule has 0 saturated carbocycles. The second-order valence-corrected chi connectivity index (χ2v) is 4.78. The van der Waals surface area contributed by atoms with E-state index in [0.29, 0.717) is 0 Å². The largest absolute Gasteiger partial charge is 0.392 e. The van der Waals surface area contributed by atoms with E-state index in [0.717, 1.165) is 0 Å². The molecule has 0 fully saturated rings. The zero-order valence-corrected chi connectivity index (χ0v) is 9.45. The maximum Gasteiger partial charge on any atom is 0.0620 e. The van der Waals surface area contributed by atoms with Gasteiger partial charge < -0.3 is 5.11 Å². The van der Waals surface area contributed by atoms with Crippen molar-refractivity contribution < 1.29 is 5.11 Å². The quantitative estimate of drug-likeness (QED) is 0.840. The Bertz CT molecular complexity index is 379. The summed E-state index contributed by atoms with van der Waals surface area (Å²) in [5.41, 5.74) is 0. The van der Waals surface area contributed by atoms with E-state index in [2.05, 4.69) is 24.3 Å². The number of hydrogen-bond acceptors (Lipinski definition) is 2. The summed E-state index contributed by atoms with van der Waals surface area (Å²) in [6.07, 6.45) is 5.83. The minimum absolute atomic E-state index is 0.162. The van der Waals surface area contributed by atoms with Gasteiger partial charge in [-0.1, -0.05) is 48.2 Å². The predicted molar refractivity (Wildman–Crippen MR) is 64.7 cm³/mol. The maximum absolute atomic E-state index is 9.60. The summed E-state index contributed by atoms with van der Waals surface area (Å²) in [4.78, 5) is 2.44. The molecule has 0 radical (unpaired) electrons. The zero-order chi connectivity index (χ0) is 10.7. The average Bonchev–Trinajstić information content (AvgIpc) is 2.67. The van der Waals surface area contributed by atoms with E-state index in [1.165, 1.54) is 9.80 Å². The standard InChI is InChI=1S/C13H14OS/c1-10(14)12-8-5-9-13(12)15-11-6-3-2-4-7-11/h2-10,12,14H,1H3/t10-,12?/m0/s1. The Morgan fingerprint density at radius 1 is 1.27 bits per heavy atom. The molecular formula is C13H14OS. The molecule has 1 N–H and O–H groups in total. The normalized spacial score (nSPS) is 21.5. The van der Waals surface area contributed by atoms with Crippen LogP contribution in [0.4, 0.5) is 0 Å². The van der Waals surface area contributed by atoms with E-state index < -0.39 is 0 Å². The van der Waals surface area contributed by atoms with Crippen LogP contribution in [0.1, 0.15) is 6.92 Å². The van der Waals surface area contributed by atoms with Gasteiger partial charge in [-0.05, 0) is 24.0 Å². The van der Waals surface area contributed by atoms with Crippen molar-refractivity contribution in [3.05, 3.63) is 53.5 Å². The van der Waals surface area contributed by atoms with Gasteiger partial charge in [0.25, 0.3) is 0 Å². The fourth-order valence-electron chi connectivity index (χ4n) is 1.60. The number of aliphatic hydroxyl groups excluding tert-OH is 1. The molecule has 0 heterocycles. The fourth-order valence-corrected chi connectivity index (χ4v) is 2.72. The summed E-state index contributed by atoms with van der Waals surface area (Å²) in [5.74, 6) is 0.162. The first-order chi connectivity index (χ1) is 7.27. The summed E-state index contributed by atoms with van der Waals surface area (Å²) in [7, 11) is 0. The van der Waals surface area contributed by atoms with E-state index in [1.54, 1.807) is 11.8 Å². The van der Waals surface area contributed by atoms with Crippen molar-refractivity contribution in [2.75, 3.05) is 0 Å². The van der Waals surface area contributed by atoms with Crippen LogP contribution in [0.5, 0.6) is 0 Å². The highest BCUT2D eigenvalue weighted by atomic mass is 32.2. The van der Waals surface area contributed by atoms with Gasteiger partial charge in [-0.2, -0.15) is 0 Å². The van der Waals surface area contributed by atoms with E-state index in [-0.39, 0.29) is 12.0 Å². The molecule has 0 saturated heterocycles. The SMILES string of the molecule is C[C@H](O)C1C=CC=C1Sc1ccccc1. The van der Waals surface area contributed by atoms with Crippen LogP contribution < -0.4 is 0 Å². The second-order valence-electron chi connectivity index (χ2n) is 3.64. The summed E-state index contributed by atoms with van der Waals surface area (Å²) >= 11 is 1.73. The van der Waals surface area contributed by atoms with Crippen LogP contribution in [0.25, 0.3) is 0 Å². The number of thioether (sulfide) groups is 1. The topological polar surface area (TPSA) is 20.2 Å². The van der Waals surface area contributed by atoms with Gasteiger partial charge in [0.2, 0.25) is 0 Å². The molecule has 1 aliphatic rings. The highest BCUT2D eigenvalue weighted by Gasteiger charge is 2.20. The lowest BCUT2D eigenvalue weighted by molar-refractivity contribution is 0.168. The van der Waals surface area contributed by atoms with Gasteiger partial charge in [-0.3, -0.25) is 0 Å². The van der Waals surface area contributed by atoms with Crippen molar-refractivity contribution in [1.29, 1.82) is 0 Å². The number of hydrogen-bond donors (Lipinski definition) is 1. The lowest BCUT2D eigenvalue weighted by Gasteiger charge is -2.15. The summed E-state index contributed by atoms with van der Waals surface area (Å²) in [6.45, 7) is 1.83. The van der Waals surface area contributed by atoms with E-state index >= 15 is 0 Å². The van der Waals surface area contributed by atoms with Gasteiger partial charge >= 0.3 is 0 Å². The Hall–Kier alpha value is -0.990. The minimum Gasteiger partial charge on any atom is -0.392 e. The third kappa shape index (κ3) is 2.52. The maximum atomic E-state index is 9.60. The van der Waals surface area contributed by atoms with Gasteiger partial charge in [0, 0.05) is 10.8 Å². The van der Waals surface area contributed by atoms with Gasteiger partial charge in [-0.25, -0.2) is 0 Å². The third-order valence-corrected chi connectivity index (χ3v) is 3.56. The first-order valence-corrected chi connectivity index (χ1v) is 5.88. The molecule has 0 bridgehead atoms. The molecule has 78 valence electrons. The van der Waals surface area contributed by atoms with Crippen LogP contribution >= 0.6 is 11.8 Å². The van der Waals surface area contributed by atoms with Crippen LogP contribution in [0.3, 0.4) is 0 Å².